The van der Waals surface area contributed by atoms with E-state index in [9.17, 15) is 5.11 Å². The molecular weight excluding hydrogens is 264 g/mol. The molecule has 3 atom stereocenters. The molecule has 1 saturated carbocycles. The van der Waals surface area contributed by atoms with Crippen LogP contribution in [0.3, 0.4) is 0 Å². The molecule has 0 bridgehead atoms. The molecule has 0 radical (unpaired) electrons. The highest BCUT2D eigenvalue weighted by Gasteiger charge is 2.56. The lowest BCUT2D eigenvalue weighted by Crippen LogP contribution is -2.15. The maximum absolute atomic E-state index is 10.3. The number of alkyl halides is 1. The minimum Gasteiger partial charge on any atom is -0.387 e. The smallest absolute Gasteiger partial charge is 0.0945 e. The molecule has 2 heteroatoms. The molecule has 1 unspecified atom stereocenters. The van der Waals surface area contributed by atoms with Gasteiger partial charge in [-0.25, -0.2) is 0 Å². The highest BCUT2D eigenvalue weighted by molar-refractivity contribution is 9.10. The second kappa shape index (κ2) is 4.89. The Kier molecular flexibility index (Phi) is 3.70. The molecule has 0 spiro atoms. The van der Waals surface area contributed by atoms with Crippen LogP contribution >= 0.6 is 15.9 Å². The van der Waals surface area contributed by atoms with Crippen molar-refractivity contribution >= 4 is 15.9 Å². The number of rotatable bonds is 5. The van der Waals surface area contributed by atoms with Crippen molar-refractivity contribution in [1.82, 2.24) is 0 Å². The summed E-state index contributed by atoms with van der Waals surface area (Å²) in [6, 6.07) is 9.96. The fourth-order valence-corrected chi connectivity index (χ4v) is 3.24. The van der Waals surface area contributed by atoms with Crippen molar-refractivity contribution in [2.24, 2.45) is 5.92 Å². The van der Waals surface area contributed by atoms with Crippen molar-refractivity contribution in [3.63, 3.8) is 0 Å². The van der Waals surface area contributed by atoms with Gasteiger partial charge < -0.3 is 5.11 Å². The first-order valence-electron chi connectivity index (χ1n) is 6.10. The van der Waals surface area contributed by atoms with Gasteiger partial charge in [-0.2, -0.15) is 0 Å². The van der Waals surface area contributed by atoms with Crippen molar-refractivity contribution in [3.05, 3.63) is 35.9 Å². The quantitative estimate of drug-likeness (QED) is 0.808. The van der Waals surface area contributed by atoms with Gasteiger partial charge in [0, 0.05) is 0 Å². The largest absolute Gasteiger partial charge is 0.387 e. The van der Waals surface area contributed by atoms with Gasteiger partial charge in [-0.15, -0.1) is 0 Å². The van der Waals surface area contributed by atoms with Gasteiger partial charge in [-0.1, -0.05) is 66.0 Å². The molecule has 1 N–H and O–H groups in total. The zero-order valence-corrected chi connectivity index (χ0v) is 11.3. The van der Waals surface area contributed by atoms with Crippen molar-refractivity contribution in [1.29, 1.82) is 0 Å². The van der Waals surface area contributed by atoms with E-state index in [0.717, 1.165) is 12.0 Å². The summed E-state index contributed by atoms with van der Waals surface area (Å²) in [7, 11) is 0. The van der Waals surface area contributed by atoms with Crippen molar-refractivity contribution in [2.45, 2.75) is 43.0 Å². The van der Waals surface area contributed by atoms with E-state index in [4.69, 9.17) is 0 Å². The summed E-state index contributed by atoms with van der Waals surface area (Å²) in [5.74, 6) is 0.641. The van der Waals surface area contributed by atoms with E-state index in [0.29, 0.717) is 5.92 Å². The Morgan fingerprint density at radius 3 is 2.75 bits per heavy atom. The van der Waals surface area contributed by atoms with E-state index in [1.165, 1.54) is 19.3 Å². The Balaban J connectivity index is 1.99. The molecule has 0 saturated heterocycles. The molecule has 0 amide bonds. The SMILES string of the molecule is CCCC[C@@H]1C[C@@]1(Br)C(O)c1ccccc1. The molecule has 0 aliphatic heterocycles. The average molecular weight is 283 g/mol. The van der Waals surface area contributed by atoms with Gasteiger partial charge in [-0.05, 0) is 24.3 Å². The third kappa shape index (κ3) is 2.33. The van der Waals surface area contributed by atoms with E-state index in [-0.39, 0.29) is 10.4 Å². The molecule has 1 aliphatic rings. The molecule has 1 aromatic rings. The Morgan fingerprint density at radius 2 is 2.12 bits per heavy atom. The fourth-order valence-electron chi connectivity index (χ4n) is 2.36. The number of halogens is 1. The van der Waals surface area contributed by atoms with E-state index < -0.39 is 0 Å². The molecule has 1 aliphatic carbocycles. The maximum Gasteiger partial charge on any atom is 0.0945 e. The zero-order valence-electron chi connectivity index (χ0n) is 9.70. The van der Waals surface area contributed by atoms with Crippen molar-refractivity contribution in [2.75, 3.05) is 0 Å². The Morgan fingerprint density at radius 1 is 1.44 bits per heavy atom. The molecular formula is C14H19BrO. The summed E-state index contributed by atoms with van der Waals surface area (Å²) >= 11 is 3.74. The van der Waals surface area contributed by atoms with Crippen LogP contribution in [0.5, 0.6) is 0 Å². The molecule has 16 heavy (non-hydrogen) atoms. The third-order valence-corrected chi connectivity index (χ3v) is 4.96. The van der Waals surface area contributed by atoms with Crippen LogP contribution in [0, 0.1) is 5.92 Å². The van der Waals surface area contributed by atoms with E-state index >= 15 is 0 Å². The first kappa shape index (κ1) is 12.1. The van der Waals surface area contributed by atoms with Crippen molar-refractivity contribution in [3.8, 4) is 0 Å². The van der Waals surface area contributed by atoms with Crippen LogP contribution in [-0.2, 0) is 0 Å². The summed E-state index contributed by atoms with van der Waals surface area (Å²) in [4.78, 5) is 0. The predicted octanol–water partition coefficient (Wildman–Crippen LogP) is 4.06. The lowest BCUT2D eigenvalue weighted by Gasteiger charge is -2.18. The van der Waals surface area contributed by atoms with E-state index in [1.807, 2.05) is 30.3 Å². The van der Waals surface area contributed by atoms with Gasteiger partial charge in [0.1, 0.15) is 0 Å². The van der Waals surface area contributed by atoms with Crippen LogP contribution in [0.25, 0.3) is 0 Å². The van der Waals surface area contributed by atoms with Gasteiger partial charge >= 0.3 is 0 Å². The second-order valence-electron chi connectivity index (χ2n) is 4.78. The summed E-state index contributed by atoms with van der Waals surface area (Å²) < 4.78 is -0.0521. The van der Waals surface area contributed by atoms with Crippen LogP contribution in [0.2, 0.25) is 0 Å². The maximum atomic E-state index is 10.3. The molecule has 0 aromatic heterocycles. The minimum absolute atomic E-state index is 0.0521. The number of hydrogen-bond donors (Lipinski definition) is 1. The normalized spacial score (nSPS) is 30.1. The topological polar surface area (TPSA) is 20.2 Å². The van der Waals surface area contributed by atoms with E-state index in [1.54, 1.807) is 0 Å². The highest BCUT2D eigenvalue weighted by Crippen LogP contribution is 2.60. The zero-order chi connectivity index (χ0) is 11.6. The van der Waals surface area contributed by atoms with Gasteiger partial charge in [0.2, 0.25) is 0 Å². The van der Waals surface area contributed by atoms with Gasteiger partial charge in [-0.3, -0.25) is 0 Å². The number of benzene rings is 1. The van der Waals surface area contributed by atoms with Gasteiger partial charge in [0.25, 0.3) is 0 Å². The monoisotopic (exact) mass is 282 g/mol. The van der Waals surface area contributed by atoms with Crippen LogP contribution in [0.1, 0.15) is 44.3 Å². The Hall–Kier alpha value is -0.340. The predicted molar refractivity (Wildman–Crippen MR) is 70.7 cm³/mol. The standard InChI is InChI=1S/C14H19BrO/c1-2-3-9-12-10-14(12,15)13(16)11-7-5-4-6-8-11/h4-8,12-13,16H,2-3,9-10H2,1H3/t12-,13?,14+/m1/s1. The lowest BCUT2D eigenvalue weighted by atomic mass is 10.0. The highest BCUT2D eigenvalue weighted by atomic mass is 79.9. The fraction of sp³-hybridized carbons (Fsp3) is 0.571. The first-order chi connectivity index (χ1) is 7.68. The number of aliphatic hydroxyl groups is 1. The van der Waals surface area contributed by atoms with Crippen LogP contribution in [0.15, 0.2) is 30.3 Å². The van der Waals surface area contributed by atoms with Gasteiger partial charge in [0.05, 0.1) is 10.4 Å². The number of unbranched alkanes of at least 4 members (excludes halogenated alkanes) is 1. The summed E-state index contributed by atoms with van der Waals surface area (Å²) in [5, 5.41) is 10.3. The van der Waals surface area contributed by atoms with Crippen LogP contribution < -0.4 is 0 Å². The third-order valence-electron chi connectivity index (χ3n) is 3.55. The number of aliphatic hydroxyl groups excluding tert-OH is 1. The molecule has 2 rings (SSSR count). The molecule has 1 aromatic carbocycles. The van der Waals surface area contributed by atoms with Crippen LogP contribution in [0.4, 0.5) is 0 Å². The summed E-state index contributed by atoms with van der Waals surface area (Å²) in [6.45, 7) is 2.21. The molecule has 88 valence electrons. The molecule has 0 heterocycles. The van der Waals surface area contributed by atoms with Gasteiger partial charge in [0.15, 0.2) is 0 Å². The minimum atomic E-state index is -0.365. The average Bonchev–Trinajstić information content (AvgIpc) is 2.99. The first-order valence-corrected chi connectivity index (χ1v) is 6.89. The summed E-state index contributed by atoms with van der Waals surface area (Å²) in [6.07, 6.45) is 4.46. The lowest BCUT2D eigenvalue weighted by molar-refractivity contribution is 0.162. The second-order valence-corrected chi connectivity index (χ2v) is 6.26. The molecule has 1 nitrogen and oxygen atoms in total. The number of hydrogen-bond acceptors (Lipinski definition) is 1. The summed E-state index contributed by atoms with van der Waals surface area (Å²) in [5.41, 5.74) is 1.03. The Labute approximate surface area is 106 Å². The van der Waals surface area contributed by atoms with Crippen LogP contribution in [-0.4, -0.2) is 9.43 Å². The van der Waals surface area contributed by atoms with Crippen molar-refractivity contribution < 1.29 is 5.11 Å². The van der Waals surface area contributed by atoms with E-state index in [2.05, 4.69) is 22.9 Å². The Bertz CT molecular complexity index is 338. The molecule has 1 fully saturated rings.